The number of cyclic esters (lactones) is 1. The second-order valence-electron chi connectivity index (χ2n) is 11.8. The molecular weight excluding hydrogens is 619 g/mol. The molecule has 1 aromatic carbocycles. The number of halogens is 1. The van der Waals surface area contributed by atoms with Gasteiger partial charge in [-0.3, -0.25) is 24.4 Å². The molecule has 4 heterocycles. The molecule has 2 aliphatic heterocycles. The summed E-state index contributed by atoms with van der Waals surface area (Å²) in [5.41, 5.74) is 1.29. The largest absolute Gasteiger partial charge is 0.480 e. The number of oxime groups is 1. The first-order chi connectivity index (χ1) is 22.3. The van der Waals surface area contributed by atoms with Crippen LogP contribution in [0.3, 0.4) is 0 Å². The second-order valence-corrected chi connectivity index (χ2v) is 11.8. The van der Waals surface area contributed by atoms with E-state index < -0.39 is 60.8 Å². The number of carboxylic acid groups (broad SMARTS) is 1. The van der Waals surface area contributed by atoms with Crippen LogP contribution in [0.15, 0.2) is 54.1 Å². The molecule has 0 bridgehead atoms. The number of rotatable bonds is 11. The number of carbonyl (C=O) groups excluding carboxylic acids is 3. The van der Waals surface area contributed by atoms with Crippen LogP contribution in [0.5, 0.6) is 0 Å². The number of hydrogen-bond donors (Lipinski definition) is 2. The average molecular weight is 653 g/mol. The molecule has 0 saturated carbocycles. The fourth-order valence-corrected chi connectivity index (χ4v) is 4.82. The Kier molecular flexibility index (Phi) is 9.62. The standard InChI is InChI=1S/C30H33FN8O8/c1-30(2,3)46-28(43)37(17-27(41)42)16-26(40)33-13-20-11-25(35-47-20)24-7-4-18(12-32-24)22-6-5-19(10-23(22)31)39-15-21(45-29(39)44)14-38-9-8-34-36-38/h4-10,12,20-21H,11,13-17H2,1-3H3,(H,33,40)(H,41,42)/t20-,21-/m0/s1. The van der Waals surface area contributed by atoms with Crippen LogP contribution < -0.4 is 10.2 Å². The van der Waals surface area contributed by atoms with E-state index in [9.17, 15) is 19.2 Å². The predicted molar refractivity (Wildman–Crippen MR) is 162 cm³/mol. The molecule has 0 unspecified atom stereocenters. The molecular formula is C30H33FN8O8. The third kappa shape index (κ3) is 8.56. The third-order valence-corrected chi connectivity index (χ3v) is 6.94. The van der Waals surface area contributed by atoms with Crippen molar-refractivity contribution < 1.29 is 43.0 Å². The number of ether oxygens (including phenoxy) is 2. The Hall–Kier alpha value is -5.61. The highest BCUT2D eigenvalue weighted by molar-refractivity contribution is 6.00. The molecule has 248 valence electrons. The summed E-state index contributed by atoms with van der Waals surface area (Å²) >= 11 is 0. The topological polar surface area (TPSA) is 191 Å². The maximum Gasteiger partial charge on any atom is 0.414 e. The van der Waals surface area contributed by atoms with Crippen molar-refractivity contribution in [3.63, 3.8) is 0 Å². The van der Waals surface area contributed by atoms with Gasteiger partial charge in [-0.05, 0) is 45.0 Å². The van der Waals surface area contributed by atoms with E-state index in [-0.39, 0.29) is 18.7 Å². The Morgan fingerprint density at radius 3 is 2.64 bits per heavy atom. The summed E-state index contributed by atoms with van der Waals surface area (Å²) in [6, 6.07) is 7.82. The Balaban J connectivity index is 1.13. The lowest BCUT2D eigenvalue weighted by molar-refractivity contribution is -0.138. The number of hydrogen-bond acceptors (Lipinski definition) is 11. The Morgan fingerprint density at radius 2 is 1.98 bits per heavy atom. The molecule has 0 spiro atoms. The van der Waals surface area contributed by atoms with E-state index in [4.69, 9.17) is 19.4 Å². The molecule has 1 saturated heterocycles. The molecule has 1 fully saturated rings. The number of aromatic nitrogens is 4. The van der Waals surface area contributed by atoms with Crippen molar-refractivity contribution in [2.45, 2.75) is 51.5 Å². The maximum atomic E-state index is 15.2. The van der Waals surface area contributed by atoms with Crippen molar-refractivity contribution in [1.29, 1.82) is 0 Å². The van der Waals surface area contributed by atoms with Crippen LogP contribution in [-0.2, 0) is 30.4 Å². The van der Waals surface area contributed by atoms with E-state index in [1.165, 1.54) is 23.4 Å². The molecule has 47 heavy (non-hydrogen) atoms. The lowest BCUT2D eigenvalue weighted by atomic mass is 10.0. The van der Waals surface area contributed by atoms with E-state index in [1.807, 2.05) is 0 Å². The molecule has 5 rings (SSSR count). The van der Waals surface area contributed by atoms with Crippen molar-refractivity contribution in [1.82, 2.24) is 30.2 Å². The van der Waals surface area contributed by atoms with Crippen LogP contribution in [0.2, 0.25) is 0 Å². The molecule has 2 N–H and O–H groups in total. The minimum atomic E-state index is -1.29. The van der Waals surface area contributed by atoms with Crippen LogP contribution in [0.4, 0.5) is 19.7 Å². The zero-order valence-corrected chi connectivity index (χ0v) is 25.8. The number of anilines is 1. The van der Waals surface area contributed by atoms with Gasteiger partial charge in [-0.25, -0.2) is 18.7 Å². The normalized spacial score (nSPS) is 17.5. The fourth-order valence-electron chi connectivity index (χ4n) is 4.82. The van der Waals surface area contributed by atoms with Gasteiger partial charge in [0, 0.05) is 29.9 Å². The van der Waals surface area contributed by atoms with Crippen LogP contribution >= 0.6 is 0 Å². The minimum absolute atomic E-state index is 0.0441. The average Bonchev–Trinajstić information content (AvgIpc) is 3.77. The van der Waals surface area contributed by atoms with Crippen LogP contribution in [0.25, 0.3) is 11.1 Å². The molecule has 16 nitrogen and oxygen atoms in total. The smallest absolute Gasteiger partial charge is 0.414 e. The van der Waals surface area contributed by atoms with Crippen molar-refractivity contribution in [3.05, 3.63) is 60.4 Å². The summed E-state index contributed by atoms with van der Waals surface area (Å²) in [5, 5.41) is 23.4. The molecule has 2 aromatic heterocycles. The highest BCUT2D eigenvalue weighted by Crippen LogP contribution is 2.29. The molecule has 2 atom stereocenters. The van der Waals surface area contributed by atoms with E-state index in [0.29, 0.717) is 35.6 Å². The first kappa shape index (κ1) is 32.8. The van der Waals surface area contributed by atoms with Crippen molar-refractivity contribution in [2.75, 3.05) is 31.1 Å². The van der Waals surface area contributed by atoms with E-state index in [2.05, 4.69) is 25.8 Å². The quantitative estimate of drug-likeness (QED) is 0.309. The summed E-state index contributed by atoms with van der Waals surface area (Å²) in [6.45, 7) is 4.27. The number of aliphatic carboxylic acids is 1. The van der Waals surface area contributed by atoms with Crippen LogP contribution in [0.1, 0.15) is 32.9 Å². The maximum absolute atomic E-state index is 15.2. The Bertz CT molecular complexity index is 1660. The zero-order chi connectivity index (χ0) is 33.7. The number of nitrogens with zero attached hydrogens (tertiary/aromatic N) is 7. The Labute approximate surface area is 268 Å². The predicted octanol–water partition coefficient (Wildman–Crippen LogP) is 2.44. The summed E-state index contributed by atoms with van der Waals surface area (Å²) < 4.78 is 27.3. The van der Waals surface area contributed by atoms with Crippen LogP contribution in [0, 0.1) is 5.82 Å². The number of nitrogens with one attached hydrogen (secondary N) is 1. The third-order valence-electron chi connectivity index (χ3n) is 6.94. The molecule has 17 heteroatoms. The van der Waals surface area contributed by atoms with Gasteiger partial charge in [-0.1, -0.05) is 16.4 Å². The van der Waals surface area contributed by atoms with Gasteiger partial charge in [-0.15, -0.1) is 5.10 Å². The van der Waals surface area contributed by atoms with Gasteiger partial charge in [0.15, 0.2) is 6.10 Å². The van der Waals surface area contributed by atoms with Crippen molar-refractivity contribution in [3.8, 4) is 11.1 Å². The summed E-state index contributed by atoms with van der Waals surface area (Å²) in [5.74, 6) is -2.43. The van der Waals surface area contributed by atoms with Gasteiger partial charge in [-0.2, -0.15) is 0 Å². The second kappa shape index (κ2) is 13.8. The SMILES string of the molecule is CC(C)(C)OC(=O)N(CC(=O)O)CC(=O)NC[C@@H]1CC(c2ccc(-c3ccc(N4C[C@H](Cn5ccnn5)OC4=O)cc3F)cn2)=NO1. The van der Waals surface area contributed by atoms with E-state index in [1.54, 1.807) is 55.9 Å². The summed E-state index contributed by atoms with van der Waals surface area (Å²) in [7, 11) is 0. The first-order valence-corrected chi connectivity index (χ1v) is 14.6. The zero-order valence-electron chi connectivity index (χ0n) is 25.8. The molecule has 0 aliphatic carbocycles. The van der Waals surface area contributed by atoms with E-state index >= 15 is 4.39 Å². The Morgan fingerprint density at radius 1 is 1.17 bits per heavy atom. The van der Waals surface area contributed by atoms with Crippen LogP contribution in [-0.4, -0.2) is 104 Å². The van der Waals surface area contributed by atoms with Crippen molar-refractivity contribution >= 4 is 35.5 Å². The summed E-state index contributed by atoms with van der Waals surface area (Å²) in [4.78, 5) is 60.4. The van der Waals surface area contributed by atoms with Gasteiger partial charge >= 0.3 is 18.2 Å². The van der Waals surface area contributed by atoms with Gasteiger partial charge in [0.2, 0.25) is 5.91 Å². The molecule has 3 amide bonds. The van der Waals surface area contributed by atoms with Gasteiger partial charge in [0.1, 0.15) is 36.3 Å². The lowest BCUT2D eigenvalue weighted by Gasteiger charge is -2.26. The lowest BCUT2D eigenvalue weighted by Crippen LogP contribution is -2.46. The molecule has 0 radical (unpaired) electrons. The first-order valence-electron chi connectivity index (χ1n) is 14.6. The molecule has 2 aliphatic rings. The number of amides is 3. The molecule has 3 aromatic rings. The van der Waals surface area contributed by atoms with E-state index in [0.717, 1.165) is 4.90 Å². The fraction of sp³-hybridized carbons (Fsp3) is 0.400. The number of benzene rings is 1. The van der Waals surface area contributed by atoms with Crippen molar-refractivity contribution in [2.24, 2.45) is 5.16 Å². The monoisotopic (exact) mass is 652 g/mol. The van der Waals surface area contributed by atoms with Gasteiger partial charge in [0.05, 0.1) is 37.2 Å². The summed E-state index contributed by atoms with van der Waals surface area (Å²) in [6.07, 6.45) is 2.51. The van der Waals surface area contributed by atoms with Gasteiger partial charge in [0.25, 0.3) is 0 Å². The highest BCUT2D eigenvalue weighted by atomic mass is 19.1. The number of pyridine rings is 1. The number of carboxylic acids is 1. The number of carbonyl (C=O) groups is 4. The highest BCUT2D eigenvalue weighted by Gasteiger charge is 2.33. The van der Waals surface area contributed by atoms with Gasteiger partial charge < -0.3 is 24.7 Å². The minimum Gasteiger partial charge on any atom is -0.480 e.